The molecule has 3 aromatic rings. The molecule has 0 radical (unpaired) electrons. The van der Waals surface area contributed by atoms with Gasteiger partial charge in [0.1, 0.15) is 0 Å². The number of aromatic amines is 1. The fourth-order valence-electron chi connectivity index (χ4n) is 3.30. The van der Waals surface area contributed by atoms with E-state index in [0.717, 1.165) is 34.4 Å². The van der Waals surface area contributed by atoms with Crippen molar-refractivity contribution >= 4 is 11.6 Å². The first-order chi connectivity index (χ1) is 12.6. The Kier molecular flexibility index (Phi) is 4.13. The van der Waals surface area contributed by atoms with E-state index in [1.807, 2.05) is 12.1 Å². The lowest BCUT2D eigenvalue weighted by molar-refractivity contribution is -0.116. The van der Waals surface area contributed by atoms with E-state index in [1.165, 1.54) is 11.6 Å². The number of aromatic nitrogens is 2. The lowest BCUT2D eigenvalue weighted by Crippen LogP contribution is -2.20. The van der Waals surface area contributed by atoms with Crippen LogP contribution in [0.25, 0.3) is 22.4 Å². The monoisotopic (exact) mass is 345 g/mol. The quantitative estimate of drug-likeness (QED) is 0.762. The zero-order valence-corrected chi connectivity index (χ0v) is 14.5. The van der Waals surface area contributed by atoms with Gasteiger partial charge in [-0.15, -0.1) is 0 Å². The summed E-state index contributed by atoms with van der Waals surface area (Å²) in [5, 5.41) is 9.66. The van der Waals surface area contributed by atoms with Crippen LogP contribution in [0.5, 0.6) is 0 Å². The van der Waals surface area contributed by atoms with Crippen molar-refractivity contribution in [1.29, 1.82) is 0 Å². The number of benzene rings is 2. The summed E-state index contributed by atoms with van der Waals surface area (Å²) >= 11 is 0. The van der Waals surface area contributed by atoms with Crippen LogP contribution in [0.1, 0.15) is 24.5 Å². The van der Waals surface area contributed by atoms with Crippen LogP contribution >= 0.6 is 0 Å². The molecule has 130 valence electrons. The first-order valence-electron chi connectivity index (χ1n) is 8.76. The van der Waals surface area contributed by atoms with Crippen LogP contribution < -0.4 is 10.9 Å². The van der Waals surface area contributed by atoms with Gasteiger partial charge in [-0.2, -0.15) is 5.10 Å². The summed E-state index contributed by atoms with van der Waals surface area (Å²) in [4.78, 5) is 23.2. The van der Waals surface area contributed by atoms with Gasteiger partial charge in [0.25, 0.3) is 5.56 Å². The Labute approximate surface area is 151 Å². The molecule has 0 bridgehead atoms. The molecule has 2 aromatic carbocycles. The van der Waals surface area contributed by atoms with E-state index in [-0.39, 0.29) is 11.5 Å². The third-order valence-electron chi connectivity index (χ3n) is 4.75. The van der Waals surface area contributed by atoms with Crippen molar-refractivity contribution in [2.24, 2.45) is 0 Å². The molecular formula is C21H19N3O2. The lowest BCUT2D eigenvalue weighted by atomic mass is 9.91. The molecule has 1 amide bonds. The number of amides is 1. The molecule has 0 saturated carbocycles. The van der Waals surface area contributed by atoms with Gasteiger partial charge in [0.15, 0.2) is 0 Å². The molecule has 1 aromatic heterocycles. The van der Waals surface area contributed by atoms with Crippen LogP contribution in [-0.4, -0.2) is 16.1 Å². The maximum absolute atomic E-state index is 11.9. The van der Waals surface area contributed by atoms with Crippen molar-refractivity contribution in [3.63, 3.8) is 0 Å². The molecule has 0 saturated heterocycles. The van der Waals surface area contributed by atoms with Gasteiger partial charge < -0.3 is 5.32 Å². The highest BCUT2D eigenvalue weighted by Crippen LogP contribution is 2.38. The van der Waals surface area contributed by atoms with E-state index >= 15 is 0 Å². The number of carbonyl (C=O) groups excluding carboxylic acids is 1. The van der Waals surface area contributed by atoms with E-state index in [1.54, 1.807) is 6.07 Å². The van der Waals surface area contributed by atoms with Gasteiger partial charge in [-0.1, -0.05) is 31.2 Å². The van der Waals surface area contributed by atoms with Crippen LogP contribution in [0.3, 0.4) is 0 Å². The molecule has 0 unspecified atom stereocenters. The molecule has 2 heterocycles. The summed E-state index contributed by atoms with van der Waals surface area (Å²) in [6.07, 6.45) is 2.15. The van der Waals surface area contributed by atoms with Crippen molar-refractivity contribution in [1.82, 2.24) is 10.2 Å². The molecular weight excluding hydrogens is 326 g/mol. The molecule has 2 N–H and O–H groups in total. The normalized spacial score (nSPS) is 13.2. The summed E-state index contributed by atoms with van der Waals surface area (Å²) in [6.45, 7) is 2.12. The molecule has 0 fully saturated rings. The topological polar surface area (TPSA) is 74.8 Å². The average molecular weight is 345 g/mol. The fraction of sp³-hybridized carbons (Fsp3) is 0.190. The zero-order chi connectivity index (χ0) is 18.1. The standard InChI is InChI=1S/C21H19N3O2/c1-2-13-3-5-14(6-4-13)17-12-16(18-8-10-20(26)24-23-18)11-15-7-9-19(25)22-21(15)17/h3-6,8,10-12H,2,7,9H2,1H3,(H,22,25)(H,24,26). The maximum atomic E-state index is 11.9. The summed E-state index contributed by atoms with van der Waals surface area (Å²) < 4.78 is 0. The van der Waals surface area contributed by atoms with Gasteiger partial charge in [-0.05, 0) is 47.7 Å². The highest BCUT2D eigenvalue weighted by molar-refractivity contribution is 6.00. The second-order valence-corrected chi connectivity index (χ2v) is 6.46. The number of carbonyl (C=O) groups is 1. The predicted molar refractivity (Wildman–Crippen MR) is 102 cm³/mol. The lowest BCUT2D eigenvalue weighted by Gasteiger charge is -2.22. The predicted octanol–water partition coefficient (Wildman–Crippen LogP) is 3.55. The van der Waals surface area contributed by atoms with Crippen molar-refractivity contribution in [3.05, 3.63) is 70.0 Å². The molecule has 0 spiro atoms. The fourth-order valence-corrected chi connectivity index (χ4v) is 3.30. The Balaban J connectivity index is 1.89. The van der Waals surface area contributed by atoms with Crippen LogP contribution in [0.15, 0.2) is 53.3 Å². The Morgan fingerprint density at radius 2 is 1.77 bits per heavy atom. The Hall–Kier alpha value is -3.21. The van der Waals surface area contributed by atoms with Crippen LogP contribution in [0, 0.1) is 0 Å². The van der Waals surface area contributed by atoms with Gasteiger partial charge in [0.2, 0.25) is 5.91 Å². The van der Waals surface area contributed by atoms with E-state index < -0.39 is 0 Å². The first kappa shape index (κ1) is 16.3. The minimum absolute atomic E-state index is 0.0406. The van der Waals surface area contributed by atoms with Gasteiger partial charge in [-0.3, -0.25) is 9.59 Å². The number of rotatable bonds is 3. The van der Waals surface area contributed by atoms with Crippen LogP contribution in [0.4, 0.5) is 5.69 Å². The van der Waals surface area contributed by atoms with Gasteiger partial charge in [0, 0.05) is 23.6 Å². The minimum Gasteiger partial charge on any atom is -0.325 e. The molecule has 5 nitrogen and oxygen atoms in total. The first-order valence-corrected chi connectivity index (χ1v) is 8.76. The highest BCUT2D eigenvalue weighted by Gasteiger charge is 2.20. The Bertz CT molecular complexity index is 1020. The molecule has 0 atom stereocenters. The van der Waals surface area contributed by atoms with Crippen LogP contribution in [-0.2, 0) is 17.6 Å². The summed E-state index contributed by atoms with van der Waals surface area (Å²) in [7, 11) is 0. The third kappa shape index (κ3) is 3.04. The number of H-pyrrole nitrogens is 1. The Morgan fingerprint density at radius 1 is 0.962 bits per heavy atom. The number of hydrogen-bond acceptors (Lipinski definition) is 3. The second-order valence-electron chi connectivity index (χ2n) is 6.46. The zero-order valence-electron chi connectivity index (χ0n) is 14.5. The van der Waals surface area contributed by atoms with E-state index in [0.29, 0.717) is 18.5 Å². The molecule has 1 aliphatic rings. The van der Waals surface area contributed by atoms with E-state index in [4.69, 9.17) is 0 Å². The van der Waals surface area contributed by atoms with Crippen molar-refractivity contribution < 1.29 is 4.79 Å². The number of nitrogens with one attached hydrogen (secondary N) is 2. The number of aryl methyl sites for hydroxylation is 2. The summed E-state index contributed by atoms with van der Waals surface area (Å²) in [5.74, 6) is 0.0406. The van der Waals surface area contributed by atoms with Crippen molar-refractivity contribution in [2.45, 2.75) is 26.2 Å². The van der Waals surface area contributed by atoms with Crippen molar-refractivity contribution in [3.8, 4) is 22.4 Å². The van der Waals surface area contributed by atoms with Crippen LogP contribution in [0.2, 0.25) is 0 Å². The molecule has 5 heteroatoms. The molecule has 4 rings (SSSR count). The van der Waals surface area contributed by atoms with Crippen molar-refractivity contribution in [2.75, 3.05) is 5.32 Å². The second kappa shape index (κ2) is 6.59. The van der Waals surface area contributed by atoms with E-state index in [2.05, 4.69) is 46.7 Å². The number of anilines is 1. The smallest absolute Gasteiger partial charge is 0.264 e. The molecule has 26 heavy (non-hydrogen) atoms. The highest BCUT2D eigenvalue weighted by atomic mass is 16.1. The molecule has 0 aliphatic carbocycles. The Morgan fingerprint density at radius 3 is 2.46 bits per heavy atom. The summed E-state index contributed by atoms with van der Waals surface area (Å²) in [5.41, 5.74) is 6.65. The van der Waals surface area contributed by atoms with E-state index in [9.17, 15) is 9.59 Å². The third-order valence-corrected chi connectivity index (χ3v) is 4.75. The maximum Gasteiger partial charge on any atom is 0.264 e. The molecule has 1 aliphatic heterocycles. The summed E-state index contributed by atoms with van der Waals surface area (Å²) in [6, 6.07) is 15.6. The minimum atomic E-state index is -0.227. The SMILES string of the molecule is CCc1ccc(-c2cc(-c3ccc(=O)[nH]n3)cc3c2NC(=O)CC3)cc1. The number of hydrogen-bond donors (Lipinski definition) is 2. The van der Waals surface area contributed by atoms with Gasteiger partial charge in [0.05, 0.1) is 11.4 Å². The number of fused-ring (bicyclic) bond motifs is 1. The van der Waals surface area contributed by atoms with Gasteiger partial charge >= 0.3 is 0 Å². The van der Waals surface area contributed by atoms with Gasteiger partial charge in [-0.25, -0.2) is 5.10 Å². The number of nitrogens with zero attached hydrogens (tertiary/aromatic N) is 1. The largest absolute Gasteiger partial charge is 0.325 e. The average Bonchev–Trinajstić information content (AvgIpc) is 2.68.